The molecule has 2 rings (SSSR count). The highest BCUT2D eigenvalue weighted by molar-refractivity contribution is 4.83. The van der Waals surface area contributed by atoms with E-state index in [4.69, 9.17) is 0 Å². The number of likely N-dealkylation sites (tertiary alicyclic amines) is 1. The van der Waals surface area contributed by atoms with Crippen LogP contribution in [0.25, 0.3) is 0 Å². The Morgan fingerprint density at radius 1 is 1.19 bits per heavy atom. The zero-order valence-electron chi connectivity index (χ0n) is 10.9. The summed E-state index contributed by atoms with van der Waals surface area (Å²) in [6.07, 6.45) is 5.57. The zero-order valence-corrected chi connectivity index (χ0v) is 10.9. The van der Waals surface area contributed by atoms with Crippen molar-refractivity contribution < 1.29 is 0 Å². The average molecular weight is 225 g/mol. The minimum atomic E-state index is 0.824. The number of nitrogens with zero attached hydrogens (tertiary/aromatic N) is 2. The first-order chi connectivity index (χ1) is 7.75. The Labute approximate surface area is 100 Å². The zero-order chi connectivity index (χ0) is 11.4. The van der Waals surface area contributed by atoms with E-state index in [1.807, 2.05) is 0 Å². The van der Waals surface area contributed by atoms with Crippen molar-refractivity contribution in [1.82, 2.24) is 15.1 Å². The van der Waals surface area contributed by atoms with Gasteiger partial charge in [-0.1, -0.05) is 0 Å². The van der Waals surface area contributed by atoms with Gasteiger partial charge >= 0.3 is 0 Å². The van der Waals surface area contributed by atoms with E-state index in [1.54, 1.807) is 0 Å². The summed E-state index contributed by atoms with van der Waals surface area (Å²) in [6.45, 7) is 6.39. The highest BCUT2D eigenvalue weighted by Crippen LogP contribution is 2.22. The molecule has 16 heavy (non-hydrogen) atoms. The van der Waals surface area contributed by atoms with E-state index in [-0.39, 0.29) is 0 Å². The number of rotatable bonds is 4. The molecule has 0 bridgehead atoms. The summed E-state index contributed by atoms with van der Waals surface area (Å²) >= 11 is 0. The predicted molar refractivity (Wildman–Crippen MR) is 68.7 cm³/mol. The van der Waals surface area contributed by atoms with Crippen LogP contribution in [0.3, 0.4) is 0 Å². The summed E-state index contributed by atoms with van der Waals surface area (Å²) in [5, 5.41) is 3.46. The molecule has 1 N–H and O–H groups in total. The van der Waals surface area contributed by atoms with E-state index in [0.29, 0.717) is 0 Å². The van der Waals surface area contributed by atoms with Crippen LogP contribution in [0.15, 0.2) is 0 Å². The fourth-order valence-corrected chi connectivity index (χ4v) is 3.16. The lowest BCUT2D eigenvalue weighted by Gasteiger charge is -2.32. The van der Waals surface area contributed by atoms with Crippen molar-refractivity contribution >= 4 is 0 Å². The Kier molecular flexibility index (Phi) is 4.62. The van der Waals surface area contributed by atoms with E-state index in [1.165, 1.54) is 58.4 Å². The van der Waals surface area contributed by atoms with Gasteiger partial charge in [-0.05, 0) is 65.3 Å². The van der Waals surface area contributed by atoms with Crippen molar-refractivity contribution in [3.05, 3.63) is 0 Å². The van der Waals surface area contributed by atoms with Crippen molar-refractivity contribution in [3.8, 4) is 0 Å². The number of hydrogen-bond donors (Lipinski definition) is 1. The van der Waals surface area contributed by atoms with E-state index in [9.17, 15) is 0 Å². The molecule has 0 aromatic rings. The van der Waals surface area contributed by atoms with Gasteiger partial charge in [-0.3, -0.25) is 4.90 Å². The largest absolute Gasteiger partial charge is 0.317 e. The molecule has 0 aliphatic carbocycles. The molecule has 0 radical (unpaired) electrons. The van der Waals surface area contributed by atoms with Crippen LogP contribution < -0.4 is 5.32 Å². The fraction of sp³-hybridized carbons (Fsp3) is 1.00. The maximum atomic E-state index is 3.46. The molecule has 0 aromatic heterocycles. The second-order valence-electron chi connectivity index (χ2n) is 5.75. The molecule has 2 saturated heterocycles. The van der Waals surface area contributed by atoms with E-state index < -0.39 is 0 Å². The standard InChI is InChI=1S/C13H27N3/c1-15(2)11-13-4-3-9-16(13)10-12-5-7-14-8-6-12/h12-14H,3-11H2,1-2H3. The van der Waals surface area contributed by atoms with Crippen LogP contribution >= 0.6 is 0 Å². The number of hydrogen-bond acceptors (Lipinski definition) is 3. The van der Waals surface area contributed by atoms with Crippen molar-refractivity contribution in [2.45, 2.75) is 31.7 Å². The van der Waals surface area contributed by atoms with Gasteiger partial charge in [0.2, 0.25) is 0 Å². The van der Waals surface area contributed by atoms with Crippen LogP contribution in [0.4, 0.5) is 0 Å². The van der Waals surface area contributed by atoms with Gasteiger partial charge in [0.25, 0.3) is 0 Å². The summed E-state index contributed by atoms with van der Waals surface area (Å²) in [6, 6.07) is 0.824. The van der Waals surface area contributed by atoms with Gasteiger partial charge in [0.15, 0.2) is 0 Å². The first-order valence-electron chi connectivity index (χ1n) is 6.85. The molecule has 2 aliphatic rings. The molecule has 2 heterocycles. The van der Waals surface area contributed by atoms with Crippen LogP contribution in [0, 0.1) is 5.92 Å². The molecule has 0 saturated carbocycles. The highest BCUT2D eigenvalue weighted by atomic mass is 15.2. The molecule has 3 nitrogen and oxygen atoms in total. The molecular weight excluding hydrogens is 198 g/mol. The van der Waals surface area contributed by atoms with E-state index in [2.05, 4.69) is 29.2 Å². The maximum absolute atomic E-state index is 3.46. The lowest BCUT2D eigenvalue weighted by Crippen LogP contribution is -2.42. The number of nitrogens with one attached hydrogen (secondary N) is 1. The normalized spacial score (nSPS) is 29.1. The van der Waals surface area contributed by atoms with Crippen molar-refractivity contribution in [3.63, 3.8) is 0 Å². The summed E-state index contributed by atoms with van der Waals surface area (Å²) in [5.41, 5.74) is 0. The minimum Gasteiger partial charge on any atom is -0.317 e. The van der Waals surface area contributed by atoms with Crippen LogP contribution in [0.5, 0.6) is 0 Å². The second kappa shape index (κ2) is 5.99. The molecule has 2 aliphatic heterocycles. The summed E-state index contributed by atoms with van der Waals surface area (Å²) in [7, 11) is 4.39. The Bertz CT molecular complexity index is 199. The van der Waals surface area contributed by atoms with E-state index in [0.717, 1.165) is 12.0 Å². The van der Waals surface area contributed by atoms with Gasteiger partial charge in [0.1, 0.15) is 0 Å². The second-order valence-corrected chi connectivity index (χ2v) is 5.75. The lowest BCUT2D eigenvalue weighted by atomic mass is 9.97. The van der Waals surface area contributed by atoms with Crippen molar-refractivity contribution in [1.29, 1.82) is 0 Å². The smallest absolute Gasteiger partial charge is 0.0223 e. The molecule has 0 amide bonds. The average Bonchev–Trinajstić information content (AvgIpc) is 2.66. The van der Waals surface area contributed by atoms with Gasteiger partial charge in [-0.2, -0.15) is 0 Å². The monoisotopic (exact) mass is 225 g/mol. The highest BCUT2D eigenvalue weighted by Gasteiger charge is 2.27. The molecular formula is C13H27N3. The Balaban J connectivity index is 1.78. The number of likely N-dealkylation sites (N-methyl/N-ethyl adjacent to an activating group) is 1. The molecule has 94 valence electrons. The van der Waals surface area contributed by atoms with Crippen molar-refractivity contribution in [2.75, 3.05) is 46.8 Å². The summed E-state index contributed by atoms with van der Waals surface area (Å²) in [4.78, 5) is 5.08. The topological polar surface area (TPSA) is 18.5 Å². The Hall–Kier alpha value is -0.120. The maximum Gasteiger partial charge on any atom is 0.0223 e. The first-order valence-corrected chi connectivity index (χ1v) is 6.85. The van der Waals surface area contributed by atoms with E-state index >= 15 is 0 Å². The molecule has 1 atom stereocenters. The van der Waals surface area contributed by atoms with Gasteiger partial charge in [-0.25, -0.2) is 0 Å². The molecule has 1 unspecified atom stereocenters. The lowest BCUT2D eigenvalue weighted by molar-refractivity contribution is 0.167. The molecule has 3 heteroatoms. The summed E-state index contributed by atoms with van der Waals surface area (Å²) in [5.74, 6) is 0.948. The van der Waals surface area contributed by atoms with Crippen molar-refractivity contribution in [2.24, 2.45) is 5.92 Å². The third kappa shape index (κ3) is 3.44. The van der Waals surface area contributed by atoms with Gasteiger partial charge in [-0.15, -0.1) is 0 Å². The van der Waals surface area contributed by atoms with Crippen LogP contribution in [0.2, 0.25) is 0 Å². The predicted octanol–water partition coefficient (Wildman–Crippen LogP) is 1.01. The van der Waals surface area contributed by atoms with Crippen LogP contribution in [-0.2, 0) is 0 Å². The van der Waals surface area contributed by atoms with Crippen LogP contribution in [0.1, 0.15) is 25.7 Å². The Morgan fingerprint density at radius 3 is 2.62 bits per heavy atom. The number of piperidine rings is 1. The van der Waals surface area contributed by atoms with Gasteiger partial charge < -0.3 is 10.2 Å². The Morgan fingerprint density at radius 2 is 1.94 bits per heavy atom. The molecule has 2 fully saturated rings. The third-order valence-electron chi connectivity index (χ3n) is 4.03. The van der Waals surface area contributed by atoms with Gasteiger partial charge in [0.05, 0.1) is 0 Å². The molecule has 0 spiro atoms. The molecule has 0 aromatic carbocycles. The van der Waals surface area contributed by atoms with Gasteiger partial charge in [0, 0.05) is 19.1 Å². The minimum absolute atomic E-state index is 0.824. The SMILES string of the molecule is CN(C)CC1CCCN1CC1CCNCC1. The quantitative estimate of drug-likeness (QED) is 0.770. The van der Waals surface area contributed by atoms with Crippen LogP contribution in [-0.4, -0.2) is 62.7 Å². The fourth-order valence-electron chi connectivity index (χ4n) is 3.16. The first kappa shape index (κ1) is 12.3. The third-order valence-corrected chi connectivity index (χ3v) is 4.03. The summed E-state index contributed by atoms with van der Waals surface area (Å²) < 4.78 is 0.